The molecule has 1 unspecified atom stereocenters. The summed E-state index contributed by atoms with van der Waals surface area (Å²) in [6.45, 7) is 6.74. The van der Waals surface area contributed by atoms with Crippen molar-refractivity contribution in [2.75, 3.05) is 13.1 Å². The third-order valence-electron chi connectivity index (χ3n) is 3.52. The first-order chi connectivity index (χ1) is 9.49. The maximum Gasteiger partial charge on any atom is 0.255 e. The average Bonchev–Trinajstić information content (AvgIpc) is 3.17. The van der Waals surface area contributed by atoms with E-state index in [0.717, 1.165) is 18.5 Å². The van der Waals surface area contributed by atoms with Gasteiger partial charge in [0, 0.05) is 30.7 Å². The minimum Gasteiger partial charge on any atom is -0.355 e. The van der Waals surface area contributed by atoms with Crippen molar-refractivity contribution in [1.29, 1.82) is 0 Å². The molecule has 0 aromatic carbocycles. The fraction of sp³-hybridized carbons (Fsp3) is 0.643. The number of nitrogens with one attached hydrogen (secondary N) is 3. The van der Waals surface area contributed by atoms with Gasteiger partial charge in [0.25, 0.3) is 5.56 Å². The minimum absolute atomic E-state index is 0.0929. The fourth-order valence-electron chi connectivity index (χ4n) is 2.31. The van der Waals surface area contributed by atoms with E-state index in [9.17, 15) is 9.59 Å². The van der Waals surface area contributed by atoms with Gasteiger partial charge in [-0.15, -0.1) is 0 Å². The molecule has 3 N–H and O–H groups in total. The highest BCUT2D eigenvalue weighted by Gasteiger charge is 2.29. The molecule has 6 heteroatoms. The molecule has 110 valence electrons. The quantitative estimate of drug-likeness (QED) is 0.664. The molecule has 0 spiro atoms. The Hall–Kier alpha value is -1.69. The summed E-state index contributed by atoms with van der Waals surface area (Å²) in [7, 11) is 0. The summed E-state index contributed by atoms with van der Waals surface area (Å²) >= 11 is 0. The summed E-state index contributed by atoms with van der Waals surface area (Å²) in [6, 6.07) is -0.0929. The van der Waals surface area contributed by atoms with Gasteiger partial charge in [-0.25, -0.2) is 4.98 Å². The van der Waals surface area contributed by atoms with Crippen LogP contribution in [0.3, 0.4) is 0 Å². The summed E-state index contributed by atoms with van der Waals surface area (Å²) in [5, 5.41) is 6.13. The lowest BCUT2D eigenvalue weighted by atomic mass is 10.1. The van der Waals surface area contributed by atoms with Crippen LogP contribution >= 0.6 is 0 Å². The molecule has 1 amide bonds. The van der Waals surface area contributed by atoms with E-state index >= 15 is 0 Å². The zero-order valence-electron chi connectivity index (χ0n) is 12.2. The maximum absolute atomic E-state index is 11.9. The number of rotatable bonds is 6. The first kappa shape index (κ1) is 14.7. The van der Waals surface area contributed by atoms with Gasteiger partial charge in [-0.1, -0.05) is 0 Å². The van der Waals surface area contributed by atoms with Gasteiger partial charge in [0.15, 0.2) is 0 Å². The average molecular weight is 278 g/mol. The van der Waals surface area contributed by atoms with Gasteiger partial charge in [-0.2, -0.15) is 0 Å². The van der Waals surface area contributed by atoms with Crippen LogP contribution in [0.4, 0.5) is 0 Å². The van der Waals surface area contributed by atoms with Crippen LogP contribution in [0.25, 0.3) is 0 Å². The molecule has 1 aromatic heterocycles. The Bertz CT molecular complexity index is 549. The number of hydrogen-bond donors (Lipinski definition) is 3. The number of carbonyl (C=O) groups is 1. The topological polar surface area (TPSA) is 86.9 Å². The lowest BCUT2D eigenvalue weighted by Crippen LogP contribution is -2.35. The highest BCUT2D eigenvalue weighted by molar-refractivity contribution is 5.80. The maximum atomic E-state index is 11.9. The molecular weight excluding hydrogens is 256 g/mol. The molecule has 0 saturated heterocycles. The highest BCUT2D eigenvalue weighted by Crippen LogP contribution is 2.28. The van der Waals surface area contributed by atoms with E-state index in [1.807, 2.05) is 13.8 Å². The van der Waals surface area contributed by atoms with Crippen molar-refractivity contribution < 1.29 is 4.79 Å². The van der Waals surface area contributed by atoms with Gasteiger partial charge < -0.3 is 15.6 Å². The van der Waals surface area contributed by atoms with Crippen molar-refractivity contribution in [2.24, 2.45) is 5.92 Å². The SMILES string of the molecule is Cc1nc(C)c(C(C)NCCNC(=O)C2CC2)c(=O)[nH]1. The second kappa shape index (κ2) is 6.17. The molecule has 6 nitrogen and oxygen atoms in total. The number of aromatic nitrogens is 2. The standard InChI is InChI=1S/C14H22N4O2/c1-8(12-9(2)17-10(3)18-14(12)20)15-6-7-16-13(19)11-4-5-11/h8,11,15H,4-7H2,1-3H3,(H,16,19)(H,17,18,20). The van der Waals surface area contributed by atoms with Gasteiger partial charge in [0.1, 0.15) is 5.82 Å². The Balaban J connectivity index is 1.84. The number of aromatic amines is 1. The third kappa shape index (κ3) is 3.66. The van der Waals surface area contributed by atoms with Crippen LogP contribution in [0.5, 0.6) is 0 Å². The second-order valence-electron chi connectivity index (χ2n) is 5.39. The van der Waals surface area contributed by atoms with Crippen molar-refractivity contribution in [3.63, 3.8) is 0 Å². The summed E-state index contributed by atoms with van der Waals surface area (Å²) in [4.78, 5) is 30.4. The molecule has 0 radical (unpaired) electrons. The molecule has 20 heavy (non-hydrogen) atoms. The highest BCUT2D eigenvalue weighted by atomic mass is 16.2. The Kier molecular flexibility index (Phi) is 4.54. The van der Waals surface area contributed by atoms with Crippen LogP contribution in [0.1, 0.15) is 42.9 Å². The monoisotopic (exact) mass is 278 g/mol. The summed E-state index contributed by atoms with van der Waals surface area (Å²) in [5.41, 5.74) is 1.30. The number of H-pyrrole nitrogens is 1. The Morgan fingerprint density at radius 1 is 1.40 bits per heavy atom. The predicted molar refractivity (Wildman–Crippen MR) is 76.5 cm³/mol. The Morgan fingerprint density at radius 3 is 2.70 bits per heavy atom. The van der Waals surface area contributed by atoms with Crippen LogP contribution in [-0.4, -0.2) is 29.0 Å². The lowest BCUT2D eigenvalue weighted by Gasteiger charge is -2.15. The molecule has 1 fully saturated rings. The van der Waals surface area contributed by atoms with Crippen LogP contribution in [-0.2, 0) is 4.79 Å². The molecular formula is C14H22N4O2. The first-order valence-electron chi connectivity index (χ1n) is 7.07. The second-order valence-corrected chi connectivity index (χ2v) is 5.39. The molecule has 0 aliphatic heterocycles. The molecule has 1 aromatic rings. The van der Waals surface area contributed by atoms with Gasteiger partial charge in [0.05, 0.1) is 5.56 Å². The molecule has 1 atom stereocenters. The van der Waals surface area contributed by atoms with Crippen LogP contribution in [0, 0.1) is 19.8 Å². The van der Waals surface area contributed by atoms with Crippen molar-refractivity contribution >= 4 is 5.91 Å². The molecule has 1 heterocycles. The van der Waals surface area contributed by atoms with Gasteiger partial charge >= 0.3 is 0 Å². The van der Waals surface area contributed by atoms with E-state index in [0.29, 0.717) is 24.5 Å². The number of aryl methyl sites for hydroxylation is 2. The predicted octanol–water partition coefficient (Wildman–Crippen LogP) is 0.564. The van der Waals surface area contributed by atoms with Gasteiger partial charge in [-0.05, 0) is 33.6 Å². The normalized spacial score (nSPS) is 15.9. The minimum atomic E-state index is -0.1000. The summed E-state index contributed by atoms with van der Waals surface area (Å²) in [5.74, 6) is 1.00. The molecule has 0 bridgehead atoms. The largest absolute Gasteiger partial charge is 0.355 e. The molecule has 1 saturated carbocycles. The van der Waals surface area contributed by atoms with Crippen molar-refractivity contribution in [1.82, 2.24) is 20.6 Å². The van der Waals surface area contributed by atoms with Crippen LogP contribution in [0.2, 0.25) is 0 Å². The van der Waals surface area contributed by atoms with Crippen LogP contribution in [0.15, 0.2) is 4.79 Å². The number of amides is 1. The molecule has 1 aliphatic rings. The zero-order valence-corrected chi connectivity index (χ0v) is 12.2. The van der Waals surface area contributed by atoms with Crippen molar-refractivity contribution in [3.05, 3.63) is 27.4 Å². The number of carbonyl (C=O) groups excluding carboxylic acids is 1. The first-order valence-corrected chi connectivity index (χ1v) is 7.07. The van der Waals surface area contributed by atoms with E-state index in [4.69, 9.17) is 0 Å². The third-order valence-corrected chi connectivity index (χ3v) is 3.52. The van der Waals surface area contributed by atoms with Gasteiger partial charge in [-0.3, -0.25) is 9.59 Å². The smallest absolute Gasteiger partial charge is 0.255 e. The van der Waals surface area contributed by atoms with Crippen molar-refractivity contribution in [2.45, 2.75) is 39.7 Å². The van der Waals surface area contributed by atoms with Gasteiger partial charge in [0.2, 0.25) is 5.91 Å². The zero-order chi connectivity index (χ0) is 14.7. The van der Waals surface area contributed by atoms with Crippen LogP contribution < -0.4 is 16.2 Å². The summed E-state index contributed by atoms with van der Waals surface area (Å²) in [6.07, 6.45) is 2.03. The molecule has 1 aliphatic carbocycles. The van der Waals surface area contributed by atoms with E-state index in [1.54, 1.807) is 6.92 Å². The molecule has 2 rings (SSSR count). The number of hydrogen-bond acceptors (Lipinski definition) is 4. The fourth-order valence-corrected chi connectivity index (χ4v) is 2.31. The van der Waals surface area contributed by atoms with E-state index in [2.05, 4.69) is 20.6 Å². The lowest BCUT2D eigenvalue weighted by molar-refractivity contribution is -0.122. The summed E-state index contributed by atoms with van der Waals surface area (Å²) < 4.78 is 0. The van der Waals surface area contributed by atoms with E-state index < -0.39 is 0 Å². The van der Waals surface area contributed by atoms with E-state index in [-0.39, 0.29) is 23.4 Å². The van der Waals surface area contributed by atoms with E-state index in [1.165, 1.54) is 0 Å². The van der Waals surface area contributed by atoms with Crippen molar-refractivity contribution in [3.8, 4) is 0 Å². The number of nitrogens with zero attached hydrogens (tertiary/aromatic N) is 1. The Morgan fingerprint density at radius 2 is 2.10 bits per heavy atom. The Labute approximate surface area is 118 Å².